The highest BCUT2D eigenvalue weighted by Crippen LogP contribution is 2.30. The molecular weight excluding hydrogens is 282 g/mol. The summed E-state index contributed by atoms with van der Waals surface area (Å²) in [5, 5.41) is 0.539. The molecule has 1 aromatic carbocycles. The molecule has 1 heterocycles. The Morgan fingerprint density at radius 2 is 1.95 bits per heavy atom. The summed E-state index contributed by atoms with van der Waals surface area (Å²) in [4.78, 5) is 4.09. The number of aryl methyl sites for hydroxylation is 1. The summed E-state index contributed by atoms with van der Waals surface area (Å²) in [6.45, 7) is 1.98. The molecule has 0 N–H and O–H groups in total. The van der Waals surface area contributed by atoms with Crippen LogP contribution in [-0.4, -0.2) is 19.7 Å². The predicted molar refractivity (Wildman–Crippen MR) is 78.0 cm³/mol. The van der Waals surface area contributed by atoms with E-state index in [0.717, 1.165) is 16.7 Å². The van der Waals surface area contributed by atoms with Crippen LogP contribution in [-0.2, 0) is 15.6 Å². The molecule has 0 amide bonds. The van der Waals surface area contributed by atoms with E-state index in [2.05, 4.69) is 4.98 Å². The van der Waals surface area contributed by atoms with E-state index in [9.17, 15) is 8.42 Å². The topological polar surface area (TPSA) is 47.0 Å². The first-order chi connectivity index (χ1) is 8.87. The van der Waals surface area contributed by atoms with Crippen LogP contribution in [0, 0.1) is 6.92 Å². The van der Waals surface area contributed by atoms with Crippen LogP contribution in [0.5, 0.6) is 0 Å². The maximum absolute atomic E-state index is 11.3. The minimum atomic E-state index is -3.05. The third-order valence-electron chi connectivity index (χ3n) is 2.79. The number of hydrogen-bond donors (Lipinski definition) is 0. The lowest BCUT2D eigenvalue weighted by Crippen LogP contribution is -2.00. The summed E-state index contributed by atoms with van der Waals surface area (Å²) in [7, 11) is -3.05. The fourth-order valence-corrected chi connectivity index (χ4v) is 3.01. The van der Waals surface area contributed by atoms with Crippen molar-refractivity contribution >= 4 is 21.4 Å². The first-order valence-electron chi connectivity index (χ1n) is 5.74. The molecule has 0 bridgehead atoms. The van der Waals surface area contributed by atoms with Gasteiger partial charge in [-0.15, -0.1) is 0 Å². The van der Waals surface area contributed by atoms with E-state index in [1.54, 1.807) is 24.5 Å². The van der Waals surface area contributed by atoms with E-state index in [1.165, 1.54) is 6.26 Å². The minimum absolute atomic E-state index is 0.000970. The summed E-state index contributed by atoms with van der Waals surface area (Å²) in [5.74, 6) is -0.000970. The first-order valence-corrected chi connectivity index (χ1v) is 8.18. The lowest BCUT2D eigenvalue weighted by Gasteiger charge is -2.09. The summed E-state index contributed by atoms with van der Waals surface area (Å²) >= 11 is 6.24. The second-order valence-corrected chi connectivity index (χ2v) is 7.12. The standard InChI is InChI=1S/C14H14ClNO2S/c1-10-5-6-16-8-13(10)12-4-3-11(7-14(12)15)9-19(2,17)18/h3-8H,9H2,1-2H3. The average Bonchev–Trinajstić information content (AvgIpc) is 2.28. The molecule has 100 valence electrons. The highest BCUT2D eigenvalue weighted by Gasteiger charge is 2.10. The number of aromatic nitrogens is 1. The van der Waals surface area contributed by atoms with Crippen LogP contribution in [0.3, 0.4) is 0 Å². The lowest BCUT2D eigenvalue weighted by molar-refractivity contribution is 0.601. The number of pyridine rings is 1. The molecule has 5 heteroatoms. The highest BCUT2D eigenvalue weighted by atomic mass is 35.5. The molecule has 0 saturated heterocycles. The Labute approximate surface area is 118 Å². The van der Waals surface area contributed by atoms with Gasteiger partial charge in [-0.2, -0.15) is 0 Å². The van der Waals surface area contributed by atoms with Gasteiger partial charge in [0.2, 0.25) is 0 Å². The van der Waals surface area contributed by atoms with Crippen LogP contribution < -0.4 is 0 Å². The van der Waals surface area contributed by atoms with Crippen molar-refractivity contribution in [2.24, 2.45) is 0 Å². The van der Waals surface area contributed by atoms with Crippen molar-refractivity contribution in [2.75, 3.05) is 6.26 Å². The van der Waals surface area contributed by atoms with E-state index >= 15 is 0 Å². The molecule has 1 aromatic heterocycles. The maximum Gasteiger partial charge on any atom is 0.151 e. The Kier molecular flexibility index (Phi) is 3.92. The highest BCUT2D eigenvalue weighted by molar-refractivity contribution is 7.89. The van der Waals surface area contributed by atoms with Crippen molar-refractivity contribution in [3.8, 4) is 11.1 Å². The van der Waals surface area contributed by atoms with Crippen molar-refractivity contribution in [1.82, 2.24) is 4.98 Å². The Bertz CT molecular complexity index is 711. The van der Waals surface area contributed by atoms with Gasteiger partial charge in [0, 0.05) is 34.8 Å². The van der Waals surface area contributed by atoms with Gasteiger partial charge in [-0.3, -0.25) is 4.98 Å². The van der Waals surface area contributed by atoms with Crippen molar-refractivity contribution < 1.29 is 8.42 Å². The Hall–Kier alpha value is -1.39. The van der Waals surface area contributed by atoms with Crippen LogP contribution >= 0.6 is 11.6 Å². The van der Waals surface area contributed by atoms with Gasteiger partial charge >= 0.3 is 0 Å². The molecule has 0 aliphatic heterocycles. The van der Waals surface area contributed by atoms with E-state index in [-0.39, 0.29) is 5.75 Å². The molecule has 0 unspecified atom stereocenters. The fourth-order valence-electron chi connectivity index (χ4n) is 1.92. The molecule has 2 rings (SSSR count). The fraction of sp³-hybridized carbons (Fsp3) is 0.214. The Morgan fingerprint density at radius 3 is 2.53 bits per heavy atom. The average molecular weight is 296 g/mol. The van der Waals surface area contributed by atoms with E-state index < -0.39 is 9.84 Å². The SMILES string of the molecule is Cc1ccncc1-c1ccc(CS(C)(=O)=O)cc1Cl. The Morgan fingerprint density at radius 1 is 1.21 bits per heavy atom. The van der Waals surface area contributed by atoms with E-state index in [1.807, 2.05) is 19.1 Å². The Balaban J connectivity index is 2.43. The van der Waals surface area contributed by atoms with Crippen LogP contribution in [0.2, 0.25) is 5.02 Å². The summed E-state index contributed by atoms with van der Waals surface area (Å²) in [5.41, 5.74) is 3.59. The van der Waals surface area contributed by atoms with Gasteiger partial charge in [-0.25, -0.2) is 8.42 Å². The molecule has 0 atom stereocenters. The summed E-state index contributed by atoms with van der Waals surface area (Å²) < 4.78 is 22.5. The molecule has 0 fully saturated rings. The molecule has 0 aliphatic rings. The van der Waals surface area contributed by atoms with Gasteiger partial charge in [0.25, 0.3) is 0 Å². The summed E-state index contributed by atoms with van der Waals surface area (Å²) in [6, 6.07) is 7.24. The predicted octanol–water partition coefficient (Wildman–Crippen LogP) is 3.26. The van der Waals surface area contributed by atoms with Gasteiger partial charge in [0.1, 0.15) is 0 Å². The van der Waals surface area contributed by atoms with Gasteiger partial charge in [-0.05, 0) is 30.2 Å². The largest absolute Gasteiger partial charge is 0.264 e. The van der Waals surface area contributed by atoms with Crippen LogP contribution in [0.4, 0.5) is 0 Å². The maximum atomic E-state index is 11.3. The molecule has 0 radical (unpaired) electrons. The van der Waals surface area contributed by atoms with Crippen LogP contribution in [0.1, 0.15) is 11.1 Å². The van der Waals surface area contributed by atoms with Crippen LogP contribution in [0.15, 0.2) is 36.7 Å². The van der Waals surface area contributed by atoms with Crippen molar-refractivity contribution in [1.29, 1.82) is 0 Å². The number of rotatable bonds is 3. The minimum Gasteiger partial charge on any atom is -0.264 e. The van der Waals surface area contributed by atoms with Gasteiger partial charge in [0.05, 0.1) is 5.75 Å². The molecule has 2 aromatic rings. The number of sulfone groups is 1. The molecule has 0 spiro atoms. The quantitative estimate of drug-likeness (QED) is 0.873. The van der Waals surface area contributed by atoms with Gasteiger partial charge in [0.15, 0.2) is 9.84 Å². The number of benzene rings is 1. The van der Waals surface area contributed by atoms with E-state index in [0.29, 0.717) is 10.6 Å². The van der Waals surface area contributed by atoms with E-state index in [4.69, 9.17) is 11.6 Å². The summed E-state index contributed by atoms with van der Waals surface area (Å²) in [6.07, 6.45) is 4.69. The second-order valence-electron chi connectivity index (χ2n) is 4.57. The molecule has 0 saturated carbocycles. The first kappa shape index (κ1) is 14.0. The zero-order valence-corrected chi connectivity index (χ0v) is 12.3. The molecular formula is C14H14ClNO2S. The van der Waals surface area contributed by atoms with Gasteiger partial charge < -0.3 is 0 Å². The normalized spacial score (nSPS) is 11.5. The third-order valence-corrected chi connectivity index (χ3v) is 3.96. The lowest BCUT2D eigenvalue weighted by atomic mass is 10.0. The second kappa shape index (κ2) is 5.31. The van der Waals surface area contributed by atoms with Crippen molar-refractivity contribution in [2.45, 2.75) is 12.7 Å². The monoisotopic (exact) mass is 295 g/mol. The van der Waals surface area contributed by atoms with Crippen LogP contribution in [0.25, 0.3) is 11.1 Å². The molecule has 0 aliphatic carbocycles. The smallest absolute Gasteiger partial charge is 0.151 e. The van der Waals surface area contributed by atoms with Gasteiger partial charge in [-0.1, -0.05) is 23.7 Å². The number of hydrogen-bond acceptors (Lipinski definition) is 3. The number of nitrogens with zero attached hydrogens (tertiary/aromatic N) is 1. The van der Waals surface area contributed by atoms with Crippen molar-refractivity contribution in [3.05, 3.63) is 52.8 Å². The third kappa shape index (κ3) is 3.55. The zero-order chi connectivity index (χ0) is 14.0. The zero-order valence-electron chi connectivity index (χ0n) is 10.7. The molecule has 19 heavy (non-hydrogen) atoms. The number of halogens is 1. The van der Waals surface area contributed by atoms with Crippen molar-refractivity contribution in [3.63, 3.8) is 0 Å². The molecule has 3 nitrogen and oxygen atoms in total.